The van der Waals surface area contributed by atoms with Crippen molar-refractivity contribution >= 4 is 5.91 Å². The van der Waals surface area contributed by atoms with Crippen LogP contribution in [0.15, 0.2) is 0 Å². The fourth-order valence-electron chi connectivity index (χ4n) is 3.62. The second-order valence-electron chi connectivity index (χ2n) is 6.23. The van der Waals surface area contributed by atoms with Gasteiger partial charge >= 0.3 is 0 Å². The zero-order valence-electron chi connectivity index (χ0n) is 11.7. The molecule has 1 aliphatic carbocycles. The summed E-state index contributed by atoms with van der Waals surface area (Å²) in [6, 6.07) is 0. The van der Waals surface area contributed by atoms with Gasteiger partial charge in [-0.05, 0) is 24.7 Å². The van der Waals surface area contributed by atoms with Gasteiger partial charge in [-0.25, -0.2) is 0 Å². The highest BCUT2D eigenvalue weighted by molar-refractivity contribution is 5.84. The zero-order chi connectivity index (χ0) is 13.2. The maximum absolute atomic E-state index is 12.1. The van der Waals surface area contributed by atoms with E-state index in [9.17, 15) is 4.79 Å². The van der Waals surface area contributed by atoms with E-state index in [1.54, 1.807) is 0 Å². The zero-order valence-corrected chi connectivity index (χ0v) is 11.7. The van der Waals surface area contributed by atoms with E-state index in [0.29, 0.717) is 11.8 Å². The number of carbonyl (C=O) groups is 1. The van der Waals surface area contributed by atoms with Gasteiger partial charge in [0.25, 0.3) is 0 Å². The summed E-state index contributed by atoms with van der Waals surface area (Å²) >= 11 is 0. The molecule has 0 spiro atoms. The first-order valence-electron chi connectivity index (χ1n) is 7.32. The molecule has 1 amide bonds. The van der Waals surface area contributed by atoms with Crippen LogP contribution in [0, 0.1) is 11.8 Å². The summed E-state index contributed by atoms with van der Waals surface area (Å²) < 4.78 is 0. The molecule has 0 aromatic rings. The van der Waals surface area contributed by atoms with E-state index in [4.69, 9.17) is 5.73 Å². The quantitative estimate of drug-likeness (QED) is 0.788. The van der Waals surface area contributed by atoms with Gasteiger partial charge in [0.05, 0.1) is 0 Å². The largest absolute Gasteiger partial charge is 0.368 e. The molecule has 3 N–H and O–H groups in total. The number of rotatable bonds is 3. The van der Waals surface area contributed by atoms with Crippen molar-refractivity contribution in [2.75, 3.05) is 26.2 Å². The average Bonchev–Trinajstić information content (AvgIpc) is 2.39. The van der Waals surface area contributed by atoms with E-state index in [0.717, 1.165) is 45.4 Å². The summed E-state index contributed by atoms with van der Waals surface area (Å²) in [7, 11) is 0. The third-order valence-corrected chi connectivity index (χ3v) is 4.89. The number of piperazine rings is 1. The smallest absolute Gasteiger partial charge is 0.237 e. The summed E-state index contributed by atoms with van der Waals surface area (Å²) in [6.07, 6.45) is 4.29. The maximum Gasteiger partial charge on any atom is 0.237 e. The third-order valence-electron chi connectivity index (χ3n) is 4.89. The van der Waals surface area contributed by atoms with Crippen LogP contribution >= 0.6 is 0 Å². The van der Waals surface area contributed by atoms with Gasteiger partial charge in [-0.1, -0.05) is 26.7 Å². The Balaban J connectivity index is 2.17. The molecule has 1 saturated heterocycles. The molecule has 2 atom stereocenters. The molecule has 4 heteroatoms. The Morgan fingerprint density at radius 1 is 1.39 bits per heavy atom. The number of nitrogens with zero attached hydrogens (tertiary/aromatic N) is 1. The minimum absolute atomic E-state index is 0.102. The molecule has 1 saturated carbocycles. The standard InChI is InChI=1S/C14H27N3O/c1-11(2)12-4-3-5-14(10-12,13(15)18)17-8-6-16-7-9-17/h11-12,16H,3-10H2,1-2H3,(H2,15,18). The first-order valence-corrected chi connectivity index (χ1v) is 7.32. The summed E-state index contributed by atoms with van der Waals surface area (Å²) in [5, 5.41) is 3.35. The van der Waals surface area contributed by atoms with Gasteiger partial charge in [0.1, 0.15) is 5.54 Å². The maximum atomic E-state index is 12.1. The van der Waals surface area contributed by atoms with Gasteiger partial charge in [0, 0.05) is 26.2 Å². The Morgan fingerprint density at radius 3 is 2.61 bits per heavy atom. The van der Waals surface area contributed by atoms with Crippen LogP contribution in [0.2, 0.25) is 0 Å². The molecule has 2 rings (SSSR count). The fourth-order valence-corrected chi connectivity index (χ4v) is 3.62. The predicted octanol–water partition coefficient (Wildman–Crippen LogP) is 0.962. The van der Waals surface area contributed by atoms with Gasteiger partial charge in [0.15, 0.2) is 0 Å². The van der Waals surface area contributed by atoms with E-state index in [-0.39, 0.29) is 11.4 Å². The van der Waals surface area contributed by atoms with Crippen molar-refractivity contribution in [2.45, 2.75) is 45.1 Å². The molecule has 2 unspecified atom stereocenters. The van der Waals surface area contributed by atoms with Crippen LogP contribution in [0.25, 0.3) is 0 Å². The molecule has 0 bridgehead atoms. The van der Waals surface area contributed by atoms with E-state index in [1.807, 2.05) is 0 Å². The van der Waals surface area contributed by atoms with Crippen LogP contribution in [0.1, 0.15) is 39.5 Å². The number of hydrogen-bond donors (Lipinski definition) is 2. The lowest BCUT2D eigenvalue weighted by atomic mass is 9.70. The van der Waals surface area contributed by atoms with Crippen molar-refractivity contribution < 1.29 is 4.79 Å². The average molecular weight is 253 g/mol. The van der Waals surface area contributed by atoms with E-state index < -0.39 is 0 Å². The lowest BCUT2D eigenvalue weighted by Crippen LogP contribution is -2.64. The van der Waals surface area contributed by atoms with Crippen LogP contribution in [-0.4, -0.2) is 42.5 Å². The van der Waals surface area contributed by atoms with Crippen LogP contribution in [0.3, 0.4) is 0 Å². The first kappa shape index (κ1) is 13.8. The molecule has 18 heavy (non-hydrogen) atoms. The Bertz CT molecular complexity index is 299. The van der Waals surface area contributed by atoms with Crippen molar-refractivity contribution in [2.24, 2.45) is 17.6 Å². The number of hydrogen-bond acceptors (Lipinski definition) is 3. The van der Waals surface area contributed by atoms with Crippen molar-refractivity contribution in [1.29, 1.82) is 0 Å². The lowest BCUT2D eigenvalue weighted by Gasteiger charge is -2.48. The normalized spacial score (nSPS) is 34.7. The second kappa shape index (κ2) is 5.57. The molecular formula is C14H27N3O. The number of nitrogens with two attached hydrogens (primary N) is 1. The van der Waals surface area contributed by atoms with Crippen molar-refractivity contribution in [1.82, 2.24) is 10.2 Å². The van der Waals surface area contributed by atoms with Gasteiger partial charge in [-0.2, -0.15) is 0 Å². The predicted molar refractivity (Wildman–Crippen MR) is 73.2 cm³/mol. The topological polar surface area (TPSA) is 58.4 Å². The third kappa shape index (κ3) is 2.54. The molecule has 0 aromatic carbocycles. The highest BCUT2D eigenvalue weighted by Crippen LogP contribution is 2.40. The first-order chi connectivity index (χ1) is 8.56. The summed E-state index contributed by atoms with van der Waals surface area (Å²) in [5.41, 5.74) is 5.43. The number of nitrogens with one attached hydrogen (secondary N) is 1. The molecule has 2 aliphatic rings. The summed E-state index contributed by atoms with van der Waals surface area (Å²) in [6.45, 7) is 8.38. The second-order valence-corrected chi connectivity index (χ2v) is 6.23. The van der Waals surface area contributed by atoms with Crippen molar-refractivity contribution in [3.05, 3.63) is 0 Å². The van der Waals surface area contributed by atoms with E-state index >= 15 is 0 Å². The minimum Gasteiger partial charge on any atom is -0.368 e. The van der Waals surface area contributed by atoms with Crippen LogP contribution < -0.4 is 11.1 Å². The molecule has 0 radical (unpaired) electrons. The van der Waals surface area contributed by atoms with Gasteiger partial charge < -0.3 is 11.1 Å². The molecular weight excluding hydrogens is 226 g/mol. The summed E-state index contributed by atoms with van der Waals surface area (Å²) in [4.78, 5) is 14.5. The van der Waals surface area contributed by atoms with Gasteiger partial charge in [-0.15, -0.1) is 0 Å². The summed E-state index contributed by atoms with van der Waals surface area (Å²) in [5.74, 6) is 1.18. The number of amides is 1. The highest BCUT2D eigenvalue weighted by atomic mass is 16.1. The van der Waals surface area contributed by atoms with Crippen molar-refractivity contribution in [3.8, 4) is 0 Å². The van der Waals surface area contributed by atoms with E-state index in [2.05, 4.69) is 24.1 Å². The molecule has 4 nitrogen and oxygen atoms in total. The van der Waals surface area contributed by atoms with Crippen LogP contribution in [0.5, 0.6) is 0 Å². The fraction of sp³-hybridized carbons (Fsp3) is 0.929. The Labute approximate surface area is 110 Å². The molecule has 1 aliphatic heterocycles. The Morgan fingerprint density at radius 2 is 2.06 bits per heavy atom. The molecule has 1 heterocycles. The lowest BCUT2D eigenvalue weighted by molar-refractivity contribution is -0.135. The van der Waals surface area contributed by atoms with Crippen LogP contribution in [-0.2, 0) is 4.79 Å². The van der Waals surface area contributed by atoms with Gasteiger partial charge in [-0.3, -0.25) is 9.69 Å². The van der Waals surface area contributed by atoms with Crippen LogP contribution in [0.4, 0.5) is 0 Å². The monoisotopic (exact) mass is 253 g/mol. The SMILES string of the molecule is CC(C)C1CCCC(C(N)=O)(N2CCNCC2)C1. The minimum atomic E-state index is -0.366. The highest BCUT2D eigenvalue weighted by Gasteiger charge is 2.46. The van der Waals surface area contributed by atoms with Gasteiger partial charge in [0.2, 0.25) is 5.91 Å². The molecule has 104 valence electrons. The Hall–Kier alpha value is -0.610. The van der Waals surface area contributed by atoms with E-state index in [1.165, 1.54) is 6.42 Å². The number of primary amides is 1. The molecule has 0 aromatic heterocycles. The number of carbonyl (C=O) groups excluding carboxylic acids is 1. The molecule has 2 fully saturated rings. The van der Waals surface area contributed by atoms with Crippen molar-refractivity contribution in [3.63, 3.8) is 0 Å². The Kier molecular flexibility index (Phi) is 4.28.